The van der Waals surface area contributed by atoms with Crippen LogP contribution in [0.15, 0.2) is 18.2 Å². The van der Waals surface area contributed by atoms with Crippen molar-refractivity contribution in [1.82, 2.24) is 9.80 Å². The van der Waals surface area contributed by atoms with E-state index in [1.165, 1.54) is 12.1 Å². The molecule has 1 spiro atoms. The summed E-state index contributed by atoms with van der Waals surface area (Å²) in [6.07, 6.45) is 5.16. The fourth-order valence-corrected chi connectivity index (χ4v) is 4.20. The summed E-state index contributed by atoms with van der Waals surface area (Å²) in [4.78, 5) is 29.6. The molecule has 2 amide bonds. The minimum atomic E-state index is -0.816. The molecule has 1 aromatic rings. The fraction of sp³-hybridized carbons (Fsp3) is 0.556. The van der Waals surface area contributed by atoms with Crippen LogP contribution in [0.25, 0.3) is 0 Å². The second kappa shape index (κ2) is 5.46. The van der Waals surface area contributed by atoms with Gasteiger partial charge in [-0.25, -0.2) is 4.39 Å². The molecule has 5 nitrogen and oxygen atoms in total. The van der Waals surface area contributed by atoms with E-state index < -0.39 is 17.1 Å². The highest BCUT2D eigenvalue weighted by Crippen LogP contribution is 2.42. The van der Waals surface area contributed by atoms with Gasteiger partial charge in [-0.15, -0.1) is 0 Å². The monoisotopic (exact) mass is 332 g/mol. The third kappa shape index (κ3) is 2.27. The van der Waals surface area contributed by atoms with E-state index in [2.05, 4.69) is 0 Å². The van der Waals surface area contributed by atoms with E-state index in [1.807, 2.05) is 4.90 Å². The third-order valence-electron chi connectivity index (χ3n) is 5.56. The van der Waals surface area contributed by atoms with Crippen molar-refractivity contribution in [2.45, 2.75) is 50.1 Å². The zero-order chi connectivity index (χ0) is 16.9. The van der Waals surface area contributed by atoms with Crippen LogP contribution >= 0.6 is 0 Å². The number of amides is 2. The molecule has 2 heterocycles. The molecule has 1 atom stereocenters. The number of piperidine rings is 1. The van der Waals surface area contributed by atoms with E-state index >= 15 is 0 Å². The van der Waals surface area contributed by atoms with E-state index in [1.54, 1.807) is 4.90 Å². The van der Waals surface area contributed by atoms with Gasteiger partial charge in [-0.05, 0) is 56.7 Å². The Hall–Kier alpha value is -2.11. The Bertz CT molecular complexity index is 704. The summed E-state index contributed by atoms with van der Waals surface area (Å²) in [6, 6.07) is 4.00. The molecular formula is C18H21FN2O3. The second-order valence-corrected chi connectivity index (χ2v) is 7.09. The maximum absolute atomic E-state index is 13.6. The number of aromatic hydroxyl groups is 1. The predicted molar refractivity (Wildman–Crippen MR) is 85.0 cm³/mol. The van der Waals surface area contributed by atoms with E-state index in [4.69, 9.17) is 0 Å². The molecule has 1 aliphatic carbocycles. The van der Waals surface area contributed by atoms with Crippen LogP contribution in [0, 0.1) is 5.82 Å². The average Bonchev–Trinajstić information content (AvgIpc) is 3.33. The number of carbonyl (C=O) groups excluding carboxylic acids is 2. The first-order chi connectivity index (χ1) is 11.5. The lowest BCUT2D eigenvalue weighted by Gasteiger charge is -2.44. The molecule has 1 N–H and O–H groups in total. The number of hydrogen-bond acceptors (Lipinski definition) is 3. The maximum Gasteiger partial charge on any atom is 0.254 e. The summed E-state index contributed by atoms with van der Waals surface area (Å²) in [7, 11) is 0. The standard InChI is InChI=1S/C18H21FN2O3/c19-14-11-12(3-6-15(14)22)16(23)21-10-2-8-18(21)7-1-9-20(17(18)24)13-4-5-13/h3,6,11,13,22H,1-2,4-5,7-10H2. The highest BCUT2D eigenvalue weighted by molar-refractivity contribution is 6.00. The van der Waals surface area contributed by atoms with E-state index in [0.29, 0.717) is 25.4 Å². The van der Waals surface area contributed by atoms with Gasteiger partial charge in [-0.3, -0.25) is 9.59 Å². The number of likely N-dealkylation sites (tertiary alicyclic amines) is 2. The van der Waals surface area contributed by atoms with E-state index in [0.717, 1.165) is 38.3 Å². The molecule has 0 aromatic heterocycles. The second-order valence-electron chi connectivity index (χ2n) is 7.09. The van der Waals surface area contributed by atoms with Crippen molar-refractivity contribution in [3.63, 3.8) is 0 Å². The lowest BCUT2D eigenvalue weighted by atomic mass is 9.85. The SMILES string of the molecule is O=C(c1ccc(O)c(F)c1)N1CCCC12CCCN(C1CC1)C2=O. The highest BCUT2D eigenvalue weighted by Gasteiger charge is 2.54. The Balaban J connectivity index is 1.65. The van der Waals surface area contributed by atoms with Gasteiger partial charge in [-0.1, -0.05) is 0 Å². The Morgan fingerprint density at radius 1 is 1.21 bits per heavy atom. The van der Waals surface area contributed by atoms with Crippen LogP contribution < -0.4 is 0 Å². The van der Waals surface area contributed by atoms with Crippen molar-refractivity contribution in [3.05, 3.63) is 29.6 Å². The molecule has 1 aromatic carbocycles. The molecule has 128 valence electrons. The van der Waals surface area contributed by atoms with Gasteiger partial charge in [0.1, 0.15) is 5.54 Å². The number of phenols is 1. The summed E-state index contributed by atoms with van der Waals surface area (Å²) in [5.41, 5.74) is -0.574. The van der Waals surface area contributed by atoms with Gasteiger partial charge >= 0.3 is 0 Å². The first kappa shape index (κ1) is 15.4. The van der Waals surface area contributed by atoms with Gasteiger partial charge in [0.2, 0.25) is 5.91 Å². The van der Waals surface area contributed by atoms with Crippen LogP contribution in [0.3, 0.4) is 0 Å². The Morgan fingerprint density at radius 3 is 2.58 bits per heavy atom. The zero-order valence-corrected chi connectivity index (χ0v) is 13.5. The smallest absolute Gasteiger partial charge is 0.254 e. The number of phenolic OH excluding ortho intramolecular Hbond substituents is 1. The summed E-state index contributed by atoms with van der Waals surface area (Å²) in [5.74, 6) is -1.54. The topological polar surface area (TPSA) is 60.9 Å². The predicted octanol–water partition coefficient (Wildman–Crippen LogP) is 2.29. The lowest BCUT2D eigenvalue weighted by molar-refractivity contribution is -0.146. The minimum Gasteiger partial charge on any atom is -0.505 e. The highest BCUT2D eigenvalue weighted by atomic mass is 19.1. The number of carbonyl (C=O) groups is 2. The zero-order valence-electron chi connectivity index (χ0n) is 13.5. The van der Waals surface area contributed by atoms with Crippen molar-refractivity contribution < 1.29 is 19.1 Å². The van der Waals surface area contributed by atoms with Crippen molar-refractivity contribution >= 4 is 11.8 Å². The molecule has 2 aliphatic heterocycles. The molecular weight excluding hydrogens is 311 g/mol. The van der Waals surface area contributed by atoms with Crippen molar-refractivity contribution in [2.24, 2.45) is 0 Å². The molecule has 0 bridgehead atoms. The van der Waals surface area contributed by atoms with Gasteiger partial charge in [0.15, 0.2) is 11.6 Å². The summed E-state index contributed by atoms with van der Waals surface area (Å²) < 4.78 is 13.6. The van der Waals surface area contributed by atoms with Crippen LogP contribution in [0.2, 0.25) is 0 Å². The molecule has 0 radical (unpaired) electrons. The van der Waals surface area contributed by atoms with Crippen LogP contribution in [0.4, 0.5) is 4.39 Å². The van der Waals surface area contributed by atoms with Crippen LogP contribution in [-0.2, 0) is 4.79 Å². The molecule has 4 rings (SSSR count). The molecule has 3 aliphatic rings. The molecule has 1 saturated carbocycles. The van der Waals surface area contributed by atoms with E-state index in [9.17, 15) is 19.1 Å². The molecule has 2 saturated heterocycles. The third-order valence-corrected chi connectivity index (χ3v) is 5.56. The van der Waals surface area contributed by atoms with Crippen molar-refractivity contribution in [3.8, 4) is 5.75 Å². The Labute approximate surface area is 140 Å². The first-order valence-electron chi connectivity index (χ1n) is 8.64. The van der Waals surface area contributed by atoms with Crippen LogP contribution in [0.5, 0.6) is 5.75 Å². The van der Waals surface area contributed by atoms with Crippen LogP contribution in [-0.4, -0.2) is 51.4 Å². The van der Waals surface area contributed by atoms with Crippen LogP contribution in [0.1, 0.15) is 48.9 Å². The fourth-order valence-electron chi connectivity index (χ4n) is 4.20. The number of nitrogens with zero attached hydrogens (tertiary/aromatic N) is 2. The average molecular weight is 332 g/mol. The molecule has 24 heavy (non-hydrogen) atoms. The molecule has 3 fully saturated rings. The normalized spacial score (nSPS) is 27.1. The largest absolute Gasteiger partial charge is 0.505 e. The van der Waals surface area contributed by atoms with Gasteiger partial charge in [0.25, 0.3) is 5.91 Å². The minimum absolute atomic E-state index is 0.0707. The van der Waals surface area contributed by atoms with E-state index in [-0.39, 0.29) is 17.4 Å². The maximum atomic E-state index is 13.6. The summed E-state index contributed by atoms with van der Waals surface area (Å²) in [5, 5.41) is 9.32. The number of halogens is 1. The van der Waals surface area contributed by atoms with Gasteiger partial charge in [-0.2, -0.15) is 0 Å². The van der Waals surface area contributed by atoms with Crippen molar-refractivity contribution in [1.29, 1.82) is 0 Å². The number of benzene rings is 1. The first-order valence-corrected chi connectivity index (χ1v) is 8.64. The summed E-state index contributed by atoms with van der Waals surface area (Å²) >= 11 is 0. The lowest BCUT2D eigenvalue weighted by Crippen LogP contribution is -2.61. The molecule has 6 heteroatoms. The Morgan fingerprint density at radius 2 is 1.92 bits per heavy atom. The van der Waals surface area contributed by atoms with Gasteiger partial charge < -0.3 is 14.9 Å². The van der Waals surface area contributed by atoms with Crippen molar-refractivity contribution in [2.75, 3.05) is 13.1 Å². The molecule has 1 unspecified atom stereocenters. The number of rotatable bonds is 2. The number of hydrogen-bond donors (Lipinski definition) is 1. The summed E-state index contributed by atoms with van der Waals surface area (Å²) in [6.45, 7) is 1.30. The Kier molecular flexibility index (Phi) is 3.51. The quantitative estimate of drug-likeness (QED) is 0.904. The van der Waals surface area contributed by atoms with Gasteiger partial charge in [0.05, 0.1) is 0 Å². The van der Waals surface area contributed by atoms with Gasteiger partial charge in [0, 0.05) is 24.7 Å².